The van der Waals surface area contributed by atoms with Crippen LogP contribution in [0.25, 0.3) is 11.3 Å². The molecule has 0 unspecified atom stereocenters. The molecule has 2 aromatic rings. The minimum Gasteiger partial charge on any atom is -0.373 e. The van der Waals surface area contributed by atoms with Gasteiger partial charge in [0.1, 0.15) is 11.6 Å². The average molecular weight is 267 g/mol. The minimum absolute atomic E-state index is 0.756. The van der Waals surface area contributed by atoms with Gasteiger partial charge in [-0.2, -0.15) is 0 Å². The largest absolute Gasteiger partial charge is 0.373 e. The molecular weight excluding hydrogens is 246 g/mol. The van der Waals surface area contributed by atoms with E-state index in [1.165, 1.54) is 30.4 Å². The molecule has 0 aliphatic heterocycles. The first-order valence-electron chi connectivity index (χ1n) is 7.46. The molecule has 0 atom stereocenters. The van der Waals surface area contributed by atoms with Crippen molar-refractivity contribution in [1.29, 1.82) is 0 Å². The number of hydrogen-bond donors (Lipinski definition) is 1. The molecular formula is C17H21N3. The summed E-state index contributed by atoms with van der Waals surface area (Å²) in [6.07, 6.45) is 4.88. The highest BCUT2D eigenvalue weighted by molar-refractivity contribution is 5.63. The predicted molar refractivity (Wildman–Crippen MR) is 83.0 cm³/mol. The maximum Gasteiger partial charge on any atom is 0.131 e. The van der Waals surface area contributed by atoms with E-state index in [1.807, 2.05) is 13.1 Å². The first-order chi connectivity index (χ1) is 9.80. The molecule has 3 heteroatoms. The van der Waals surface area contributed by atoms with Gasteiger partial charge in [0.05, 0.1) is 5.69 Å². The van der Waals surface area contributed by atoms with Gasteiger partial charge in [-0.25, -0.2) is 9.97 Å². The molecule has 1 heterocycles. The summed E-state index contributed by atoms with van der Waals surface area (Å²) in [7, 11) is 1.90. The van der Waals surface area contributed by atoms with Gasteiger partial charge in [0.15, 0.2) is 0 Å². The summed E-state index contributed by atoms with van der Waals surface area (Å²) < 4.78 is 0. The van der Waals surface area contributed by atoms with Crippen LogP contribution in [0.5, 0.6) is 0 Å². The van der Waals surface area contributed by atoms with E-state index < -0.39 is 0 Å². The second-order valence-electron chi connectivity index (χ2n) is 5.41. The van der Waals surface area contributed by atoms with Gasteiger partial charge < -0.3 is 5.32 Å². The van der Waals surface area contributed by atoms with Crippen molar-refractivity contribution < 1.29 is 0 Å². The molecule has 1 aliphatic rings. The maximum atomic E-state index is 4.66. The van der Waals surface area contributed by atoms with Crippen molar-refractivity contribution >= 4 is 5.82 Å². The van der Waals surface area contributed by atoms with Crippen LogP contribution in [0.4, 0.5) is 5.82 Å². The number of hydrogen-bond acceptors (Lipinski definition) is 3. The summed E-state index contributed by atoms with van der Waals surface area (Å²) in [5, 5.41) is 3.12. The van der Waals surface area contributed by atoms with Gasteiger partial charge in [-0.15, -0.1) is 0 Å². The Labute approximate surface area is 120 Å². The van der Waals surface area contributed by atoms with Crippen molar-refractivity contribution in [3.63, 3.8) is 0 Å². The number of aryl methyl sites for hydroxylation is 1. The Bertz CT molecular complexity index is 581. The van der Waals surface area contributed by atoms with E-state index in [1.54, 1.807) is 0 Å². The Morgan fingerprint density at radius 3 is 2.70 bits per heavy atom. The van der Waals surface area contributed by atoms with Gasteiger partial charge >= 0.3 is 0 Å². The highest BCUT2D eigenvalue weighted by Crippen LogP contribution is 2.37. The van der Waals surface area contributed by atoms with E-state index in [2.05, 4.69) is 46.5 Å². The van der Waals surface area contributed by atoms with Crippen LogP contribution in [-0.2, 0) is 6.42 Å². The topological polar surface area (TPSA) is 37.8 Å². The Morgan fingerprint density at radius 2 is 2.05 bits per heavy atom. The highest BCUT2D eigenvalue weighted by atomic mass is 15.0. The van der Waals surface area contributed by atoms with Crippen molar-refractivity contribution in [3.8, 4) is 11.3 Å². The van der Waals surface area contributed by atoms with E-state index in [-0.39, 0.29) is 0 Å². The molecule has 1 saturated carbocycles. The second-order valence-corrected chi connectivity index (χ2v) is 5.41. The molecule has 0 bridgehead atoms. The van der Waals surface area contributed by atoms with Crippen LogP contribution in [0.3, 0.4) is 0 Å². The molecule has 1 aromatic heterocycles. The number of aromatic nitrogens is 2. The van der Waals surface area contributed by atoms with Crippen LogP contribution >= 0.6 is 0 Å². The molecule has 3 rings (SSSR count). The summed E-state index contributed by atoms with van der Waals surface area (Å²) in [5.41, 5.74) is 3.67. The van der Waals surface area contributed by atoms with Crippen molar-refractivity contribution in [3.05, 3.63) is 41.7 Å². The molecule has 20 heavy (non-hydrogen) atoms. The first-order valence-corrected chi connectivity index (χ1v) is 7.46. The lowest BCUT2D eigenvalue weighted by atomic mass is 9.79. The number of nitrogens with one attached hydrogen (secondary N) is 1. The van der Waals surface area contributed by atoms with Crippen molar-refractivity contribution in [2.75, 3.05) is 12.4 Å². The normalized spacial score (nSPS) is 14.9. The Morgan fingerprint density at radius 1 is 1.20 bits per heavy atom. The van der Waals surface area contributed by atoms with Crippen LogP contribution in [0.15, 0.2) is 30.3 Å². The first kappa shape index (κ1) is 13.1. The summed E-state index contributed by atoms with van der Waals surface area (Å²) in [4.78, 5) is 9.12. The van der Waals surface area contributed by atoms with Crippen LogP contribution in [0.2, 0.25) is 0 Å². The number of anilines is 1. The Hall–Kier alpha value is -1.90. The highest BCUT2D eigenvalue weighted by Gasteiger charge is 2.19. The van der Waals surface area contributed by atoms with Gasteiger partial charge in [-0.05, 0) is 30.4 Å². The Kier molecular flexibility index (Phi) is 3.68. The standard InChI is InChI=1S/C17H21N3/c1-3-16-19-15(11-17(18-2)20-16)14-9-5-8-13(10-14)12-6-4-7-12/h5,8-12H,3-4,6-7H2,1-2H3,(H,18,19,20). The third-order valence-electron chi connectivity index (χ3n) is 4.10. The fourth-order valence-corrected chi connectivity index (χ4v) is 2.62. The molecule has 0 amide bonds. The average Bonchev–Trinajstić information content (AvgIpc) is 2.45. The van der Waals surface area contributed by atoms with E-state index in [0.717, 1.165) is 29.7 Å². The molecule has 104 valence electrons. The zero-order valence-corrected chi connectivity index (χ0v) is 12.2. The predicted octanol–water partition coefficient (Wildman–Crippen LogP) is 4.02. The summed E-state index contributed by atoms with van der Waals surface area (Å²) in [5.74, 6) is 2.54. The monoisotopic (exact) mass is 267 g/mol. The number of rotatable bonds is 4. The second kappa shape index (κ2) is 5.61. The van der Waals surface area contributed by atoms with Crippen LogP contribution in [0, 0.1) is 0 Å². The molecule has 0 spiro atoms. The van der Waals surface area contributed by atoms with Gasteiger partial charge in [-0.3, -0.25) is 0 Å². The van der Waals surface area contributed by atoms with E-state index >= 15 is 0 Å². The minimum atomic E-state index is 0.756. The smallest absolute Gasteiger partial charge is 0.131 e. The lowest BCUT2D eigenvalue weighted by Gasteiger charge is -2.26. The Balaban J connectivity index is 1.99. The summed E-state index contributed by atoms with van der Waals surface area (Å²) >= 11 is 0. The van der Waals surface area contributed by atoms with Crippen LogP contribution in [-0.4, -0.2) is 17.0 Å². The molecule has 1 aliphatic carbocycles. The van der Waals surface area contributed by atoms with E-state index in [0.29, 0.717) is 0 Å². The lowest BCUT2D eigenvalue weighted by Crippen LogP contribution is -2.08. The SMILES string of the molecule is CCc1nc(NC)cc(-c2cccc(C3CCC3)c2)n1. The van der Waals surface area contributed by atoms with Gasteiger partial charge in [0.25, 0.3) is 0 Å². The summed E-state index contributed by atoms with van der Waals surface area (Å²) in [6.45, 7) is 2.09. The molecule has 1 fully saturated rings. The van der Waals surface area contributed by atoms with Gasteiger partial charge in [-0.1, -0.05) is 31.5 Å². The quantitative estimate of drug-likeness (QED) is 0.909. The van der Waals surface area contributed by atoms with Crippen LogP contribution in [0.1, 0.15) is 43.5 Å². The molecule has 1 N–H and O–H groups in total. The van der Waals surface area contributed by atoms with Gasteiger partial charge in [0, 0.05) is 25.1 Å². The van der Waals surface area contributed by atoms with Crippen molar-refractivity contribution in [2.24, 2.45) is 0 Å². The third-order valence-corrected chi connectivity index (χ3v) is 4.10. The molecule has 1 aromatic carbocycles. The van der Waals surface area contributed by atoms with E-state index in [4.69, 9.17) is 0 Å². The summed E-state index contributed by atoms with van der Waals surface area (Å²) in [6, 6.07) is 10.9. The van der Waals surface area contributed by atoms with Gasteiger partial charge in [0.2, 0.25) is 0 Å². The van der Waals surface area contributed by atoms with Crippen molar-refractivity contribution in [1.82, 2.24) is 9.97 Å². The molecule has 3 nitrogen and oxygen atoms in total. The lowest BCUT2D eigenvalue weighted by molar-refractivity contribution is 0.420. The van der Waals surface area contributed by atoms with Crippen molar-refractivity contribution in [2.45, 2.75) is 38.5 Å². The number of benzene rings is 1. The molecule has 0 saturated heterocycles. The van der Waals surface area contributed by atoms with E-state index in [9.17, 15) is 0 Å². The fourth-order valence-electron chi connectivity index (χ4n) is 2.62. The zero-order chi connectivity index (χ0) is 13.9. The maximum absolute atomic E-state index is 4.66. The van der Waals surface area contributed by atoms with Crippen LogP contribution < -0.4 is 5.32 Å². The number of nitrogens with zero attached hydrogens (tertiary/aromatic N) is 2. The molecule has 0 radical (unpaired) electrons. The fraction of sp³-hybridized carbons (Fsp3) is 0.412. The third kappa shape index (κ3) is 2.53. The zero-order valence-electron chi connectivity index (χ0n) is 12.2.